The molecule has 20 heavy (non-hydrogen) atoms. The molecule has 1 aliphatic carbocycles. The summed E-state index contributed by atoms with van der Waals surface area (Å²) < 4.78 is 0. The van der Waals surface area contributed by atoms with Crippen LogP contribution in [0.4, 0.5) is 0 Å². The van der Waals surface area contributed by atoms with Crippen molar-refractivity contribution in [3.8, 4) is 0 Å². The van der Waals surface area contributed by atoms with Crippen LogP contribution in [-0.4, -0.2) is 33.0 Å². The predicted molar refractivity (Wildman–Crippen MR) is 78.9 cm³/mol. The third-order valence-electron chi connectivity index (χ3n) is 5.04. The molecule has 2 heterocycles. The van der Waals surface area contributed by atoms with Crippen molar-refractivity contribution in [2.45, 2.75) is 58.0 Å². The number of piperidine rings is 1. The molecule has 0 bridgehead atoms. The molecule has 4 nitrogen and oxygen atoms in total. The number of aromatic nitrogens is 1. The molecule has 1 aliphatic heterocycles. The van der Waals surface area contributed by atoms with Crippen LogP contribution >= 0.6 is 11.3 Å². The molecule has 0 aromatic carbocycles. The van der Waals surface area contributed by atoms with Crippen molar-refractivity contribution < 1.29 is 9.90 Å². The van der Waals surface area contributed by atoms with Crippen LogP contribution in [0.1, 0.15) is 47.7 Å². The standard InChI is InChI=1S/C15H22N2O2S/c1-10-13(16-11(2)20-10)9-17-8-12(14(18)19)4-7-15(17)5-3-6-15/h12H,3-9H2,1-2H3,(H,18,19). The molecule has 0 radical (unpaired) electrons. The largest absolute Gasteiger partial charge is 0.481 e. The molecule has 5 heteroatoms. The molecule has 1 saturated carbocycles. The zero-order valence-corrected chi connectivity index (χ0v) is 13.0. The number of hydrogen-bond acceptors (Lipinski definition) is 4. The lowest BCUT2D eigenvalue weighted by Crippen LogP contribution is -2.58. The van der Waals surface area contributed by atoms with Crippen LogP contribution in [0, 0.1) is 19.8 Å². The summed E-state index contributed by atoms with van der Waals surface area (Å²) in [7, 11) is 0. The van der Waals surface area contributed by atoms with Crippen LogP contribution in [0.3, 0.4) is 0 Å². The van der Waals surface area contributed by atoms with E-state index in [2.05, 4.69) is 16.8 Å². The lowest BCUT2D eigenvalue weighted by molar-refractivity contribution is -0.147. The van der Waals surface area contributed by atoms with Gasteiger partial charge in [-0.15, -0.1) is 11.3 Å². The van der Waals surface area contributed by atoms with Crippen molar-refractivity contribution in [2.75, 3.05) is 6.54 Å². The maximum atomic E-state index is 11.3. The second-order valence-corrected chi connectivity index (χ2v) is 7.68. The second kappa shape index (κ2) is 5.11. The lowest BCUT2D eigenvalue weighted by atomic mass is 9.68. The van der Waals surface area contributed by atoms with Gasteiger partial charge in [0.15, 0.2) is 0 Å². The molecular weight excluding hydrogens is 272 g/mol. The van der Waals surface area contributed by atoms with Crippen LogP contribution in [0.2, 0.25) is 0 Å². The van der Waals surface area contributed by atoms with Gasteiger partial charge in [0.25, 0.3) is 0 Å². The minimum Gasteiger partial charge on any atom is -0.481 e. The summed E-state index contributed by atoms with van der Waals surface area (Å²) in [6.07, 6.45) is 5.60. The van der Waals surface area contributed by atoms with Gasteiger partial charge in [0.05, 0.1) is 16.6 Å². The van der Waals surface area contributed by atoms with E-state index >= 15 is 0 Å². The summed E-state index contributed by atoms with van der Waals surface area (Å²) in [6.45, 7) is 5.66. The molecule has 1 spiro atoms. The minimum atomic E-state index is -0.643. The van der Waals surface area contributed by atoms with Crippen molar-refractivity contribution in [3.63, 3.8) is 0 Å². The summed E-state index contributed by atoms with van der Waals surface area (Å²) >= 11 is 1.74. The van der Waals surface area contributed by atoms with E-state index in [-0.39, 0.29) is 11.5 Å². The number of aliphatic carboxylic acids is 1. The number of rotatable bonds is 3. The monoisotopic (exact) mass is 294 g/mol. The minimum absolute atomic E-state index is 0.207. The highest BCUT2D eigenvalue weighted by atomic mass is 32.1. The Balaban J connectivity index is 1.79. The Kier molecular flexibility index (Phi) is 3.58. The van der Waals surface area contributed by atoms with Crippen molar-refractivity contribution >= 4 is 17.3 Å². The lowest BCUT2D eigenvalue weighted by Gasteiger charge is -2.54. The van der Waals surface area contributed by atoms with Crippen LogP contribution in [0.15, 0.2) is 0 Å². The van der Waals surface area contributed by atoms with E-state index in [1.54, 1.807) is 11.3 Å². The van der Waals surface area contributed by atoms with Gasteiger partial charge in [0.1, 0.15) is 0 Å². The fraction of sp³-hybridized carbons (Fsp3) is 0.733. The zero-order chi connectivity index (χ0) is 14.3. The van der Waals surface area contributed by atoms with E-state index in [1.165, 1.54) is 24.1 Å². The number of hydrogen-bond donors (Lipinski definition) is 1. The first kappa shape index (κ1) is 14.0. The first-order chi connectivity index (χ1) is 9.50. The Morgan fingerprint density at radius 1 is 1.45 bits per heavy atom. The van der Waals surface area contributed by atoms with Crippen LogP contribution < -0.4 is 0 Å². The van der Waals surface area contributed by atoms with E-state index in [0.717, 1.165) is 30.1 Å². The Bertz CT molecular complexity index is 522. The molecule has 3 rings (SSSR count). The SMILES string of the molecule is Cc1nc(CN2CC(C(=O)O)CCC23CCC3)c(C)s1. The summed E-state index contributed by atoms with van der Waals surface area (Å²) in [5, 5.41) is 10.4. The average molecular weight is 294 g/mol. The molecule has 1 aromatic heterocycles. The van der Waals surface area contributed by atoms with Gasteiger partial charge in [0.2, 0.25) is 0 Å². The normalized spacial score (nSPS) is 25.6. The zero-order valence-electron chi connectivity index (χ0n) is 12.2. The summed E-state index contributed by atoms with van der Waals surface area (Å²) in [5.74, 6) is -0.850. The van der Waals surface area contributed by atoms with Gasteiger partial charge < -0.3 is 5.11 Å². The number of thiazole rings is 1. The van der Waals surface area contributed by atoms with Gasteiger partial charge in [0, 0.05) is 23.5 Å². The first-order valence-corrected chi connectivity index (χ1v) is 8.23. The highest BCUT2D eigenvalue weighted by molar-refractivity contribution is 7.11. The van der Waals surface area contributed by atoms with E-state index in [1.807, 2.05) is 6.92 Å². The van der Waals surface area contributed by atoms with Gasteiger partial charge in [-0.3, -0.25) is 9.69 Å². The Morgan fingerprint density at radius 2 is 2.20 bits per heavy atom. The van der Waals surface area contributed by atoms with Crippen molar-refractivity contribution in [1.82, 2.24) is 9.88 Å². The molecule has 1 unspecified atom stereocenters. The Morgan fingerprint density at radius 3 is 2.70 bits per heavy atom. The maximum Gasteiger partial charge on any atom is 0.307 e. The molecule has 0 amide bonds. The van der Waals surface area contributed by atoms with E-state index in [4.69, 9.17) is 0 Å². The summed E-state index contributed by atoms with van der Waals surface area (Å²) in [6, 6.07) is 0. The number of carboxylic acid groups (broad SMARTS) is 1. The van der Waals surface area contributed by atoms with Gasteiger partial charge in [-0.25, -0.2) is 4.98 Å². The number of nitrogens with zero attached hydrogens (tertiary/aromatic N) is 2. The average Bonchev–Trinajstić information content (AvgIpc) is 2.65. The number of likely N-dealkylation sites (tertiary alicyclic amines) is 1. The molecule has 110 valence electrons. The van der Waals surface area contributed by atoms with E-state index in [0.29, 0.717) is 6.54 Å². The highest BCUT2D eigenvalue weighted by Gasteiger charge is 2.47. The molecule has 2 aliphatic rings. The van der Waals surface area contributed by atoms with Crippen molar-refractivity contribution in [1.29, 1.82) is 0 Å². The van der Waals surface area contributed by atoms with E-state index < -0.39 is 5.97 Å². The summed E-state index contributed by atoms with van der Waals surface area (Å²) in [5.41, 5.74) is 1.42. The molecule has 2 fully saturated rings. The first-order valence-electron chi connectivity index (χ1n) is 7.41. The van der Waals surface area contributed by atoms with Crippen LogP contribution in [-0.2, 0) is 11.3 Å². The molecule has 1 atom stereocenters. The number of carboxylic acids is 1. The van der Waals surface area contributed by atoms with Crippen LogP contribution in [0.5, 0.6) is 0 Å². The topological polar surface area (TPSA) is 53.4 Å². The molecule has 1 N–H and O–H groups in total. The Labute approximate surface area is 123 Å². The van der Waals surface area contributed by atoms with Crippen LogP contribution in [0.25, 0.3) is 0 Å². The number of carbonyl (C=O) groups is 1. The van der Waals surface area contributed by atoms with Gasteiger partial charge in [-0.05, 0) is 46.0 Å². The number of aryl methyl sites for hydroxylation is 2. The molecule has 1 saturated heterocycles. The maximum absolute atomic E-state index is 11.3. The predicted octanol–water partition coefficient (Wildman–Crippen LogP) is 2.98. The fourth-order valence-corrected chi connectivity index (χ4v) is 4.46. The van der Waals surface area contributed by atoms with Crippen molar-refractivity contribution in [2.24, 2.45) is 5.92 Å². The van der Waals surface area contributed by atoms with Gasteiger partial charge in [-0.1, -0.05) is 0 Å². The summed E-state index contributed by atoms with van der Waals surface area (Å²) in [4.78, 5) is 19.6. The third kappa shape index (κ3) is 2.37. The smallest absolute Gasteiger partial charge is 0.307 e. The molecular formula is C15H22N2O2S. The molecule has 1 aromatic rings. The third-order valence-corrected chi connectivity index (χ3v) is 5.97. The Hall–Kier alpha value is -0.940. The second-order valence-electron chi connectivity index (χ2n) is 6.27. The van der Waals surface area contributed by atoms with Crippen molar-refractivity contribution in [3.05, 3.63) is 15.6 Å². The quantitative estimate of drug-likeness (QED) is 0.931. The highest BCUT2D eigenvalue weighted by Crippen LogP contribution is 2.46. The van der Waals surface area contributed by atoms with Gasteiger partial charge >= 0.3 is 5.97 Å². The van der Waals surface area contributed by atoms with Gasteiger partial charge in [-0.2, -0.15) is 0 Å². The fourth-order valence-electron chi connectivity index (χ4n) is 3.64. The van der Waals surface area contributed by atoms with E-state index in [9.17, 15) is 9.90 Å².